The molecule has 0 unspecified atom stereocenters. The predicted octanol–water partition coefficient (Wildman–Crippen LogP) is 2.02. The second-order valence-electron chi connectivity index (χ2n) is 6.42. The first-order chi connectivity index (χ1) is 14.2. The van der Waals surface area contributed by atoms with Crippen molar-refractivity contribution in [2.45, 2.75) is 6.54 Å². The van der Waals surface area contributed by atoms with Gasteiger partial charge in [-0.05, 0) is 18.2 Å². The van der Waals surface area contributed by atoms with E-state index in [9.17, 15) is 0 Å². The average molecular weight is 528 g/mol. The van der Waals surface area contributed by atoms with Crippen LogP contribution in [0.1, 0.15) is 5.56 Å². The van der Waals surface area contributed by atoms with Crippen molar-refractivity contribution < 1.29 is 14.2 Å². The zero-order valence-electron chi connectivity index (χ0n) is 17.8. The lowest BCUT2D eigenvalue weighted by molar-refractivity contribution is 0.321. The van der Waals surface area contributed by atoms with E-state index in [-0.39, 0.29) is 24.0 Å². The highest BCUT2D eigenvalue weighted by atomic mass is 127. The zero-order valence-corrected chi connectivity index (χ0v) is 20.1. The van der Waals surface area contributed by atoms with E-state index in [1.165, 1.54) is 0 Å². The molecule has 0 atom stereocenters. The first-order valence-corrected chi connectivity index (χ1v) is 9.47. The molecule has 1 aromatic heterocycles. The molecule has 1 fully saturated rings. The van der Waals surface area contributed by atoms with Gasteiger partial charge in [0.15, 0.2) is 17.5 Å². The molecule has 0 bridgehead atoms. The van der Waals surface area contributed by atoms with Crippen molar-refractivity contribution in [3.8, 4) is 17.2 Å². The van der Waals surface area contributed by atoms with Crippen molar-refractivity contribution in [1.82, 2.24) is 20.2 Å². The lowest BCUT2D eigenvalue weighted by atomic mass is 10.1. The molecular weight excluding hydrogens is 499 g/mol. The number of rotatable bonds is 6. The van der Waals surface area contributed by atoms with E-state index in [2.05, 4.69) is 30.1 Å². The molecule has 0 amide bonds. The number of methoxy groups -OCH3 is 3. The molecule has 164 valence electrons. The van der Waals surface area contributed by atoms with Crippen molar-refractivity contribution in [2.24, 2.45) is 4.99 Å². The summed E-state index contributed by atoms with van der Waals surface area (Å²) in [5, 5.41) is 3.42. The second kappa shape index (κ2) is 11.6. The Balaban J connectivity index is 0.00000320. The van der Waals surface area contributed by atoms with Crippen LogP contribution in [0.2, 0.25) is 0 Å². The molecule has 1 aromatic carbocycles. The van der Waals surface area contributed by atoms with Crippen molar-refractivity contribution in [3.63, 3.8) is 0 Å². The highest BCUT2D eigenvalue weighted by molar-refractivity contribution is 14.0. The molecule has 10 heteroatoms. The van der Waals surface area contributed by atoms with Gasteiger partial charge in [-0.2, -0.15) is 0 Å². The van der Waals surface area contributed by atoms with Gasteiger partial charge in [0, 0.05) is 57.7 Å². The van der Waals surface area contributed by atoms with Gasteiger partial charge in [-0.15, -0.1) is 24.0 Å². The Labute approximate surface area is 194 Å². The molecule has 9 nitrogen and oxygen atoms in total. The highest BCUT2D eigenvalue weighted by Gasteiger charge is 2.22. The van der Waals surface area contributed by atoms with Gasteiger partial charge in [0.2, 0.25) is 11.7 Å². The Morgan fingerprint density at radius 2 is 1.67 bits per heavy atom. The van der Waals surface area contributed by atoms with Gasteiger partial charge in [0.25, 0.3) is 0 Å². The molecule has 3 rings (SSSR count). The molecule has 30 heavy (non-hydrogen) atoms. The van der Waals surface area contributed by atoms with Crippen LogP contribution >= 0.6 is 24.0 Å². The summed E-state index contributed by atoms with van der Waals surface area (Å²) in [5.41, 5.74) is 0.961. The van der Waals surface area contributed by atoms with E-state index < -0.39 is 0 Å². The normalized spacial score (nSPS) is 14.1. The van der Waals surface area contributed by atoms with E-state index in [1.54, 1.807) is 40.8 Å². The van der Waals surface area contributed by atoms with Crippen LogP contribution in [0.5, 0.6) is 17.2 Å². The Bertz CT molecular complexity index is 829. The van der Waals surface area contributed by atoms with Crippen molar-refractivity contribution in [1.29, 1.82) is 0 Å². The number of hydrogen-bond donors (Lipinski definition) is 1. The Morgan fingerprint density at radius 3 is 2.23 bits per heavy atom. The summed E-state index contributed by atoms with van der Waals surface area (Å²) in [4.78, 5) is 17.5. The molecule has 1 aliphatic heterocycles. The number of ether oxygens (including phenoxy) is 3. The van der Waals surface area contributed by atoms with Gasteiger partial charge in [-0.25, -0.2) is 9.97 Å². The largest absolute Gasteiger partial charge is 0.493 e. The minimum atomic E-state index is 0. The third-order valence-corrected chi connectivity index (χ3v) is 4.85. The van der Waals surface area contributed by atoms with Gasteiger partial charge < -0.3 is 29.3 Å². The lowest BCUT2D eigenvalue weighted by Crippen LogP contribution is -2.52. The van der Waals surface area contributed by atoms with Gasteiger partial charge in [0.1, 0.15) is 0 Å². The average Bonchev–Trinajstić information content (AvgIpc) is 2.79. The third kappa shape index (κ3) is 5.35. The molecule has 2 aromatic rings. The summed E-state index contributed by atoms with van der Waals surface area (Å²) in [7, 11) is 6.63. The molecule has 0 aliphatic carbocycles. The van der Waals surface area contributed by atoms with E-state index in [0.717, 1.165) is 43.7 Å². The van der Waals surface area contributed by atoms with Crippen molar-refractivity contribution in [2.75, 3.05) is 59.5 Å². The van der Waals surface area contributed by atoms with Gasteiger partial charge in [-0.1, -0.05) is 0 Å². The maximum Gasteiger partial charge on any atom is 0.225 e. The van der Waals surface area contributed by atoms with Crippen molar-refractivity contribution >= 4 is 35.9 Å². The summed E-state index contributed by atoms with van der Waals surface area (Å²) in [5.74, 6) is 3.49. The number of anilines is 1. The maximum atomic E-state index is 5.57. The summed E-state index contributed by atoms with van der Waals surface area (Å²) in [6, 6.07) is 5.67. The second-order valence-corrected chi connectivity index (χ2v) is 6.42. The number of halogens is 1. The standard InChI is InChI=1S/C20H28N6O3.HI/c1-21-19(25-10-12-26(13-11-25)20-22-8-5-9-23-20)24-14-15-6-7-16(27-2)18(29-4)17(15)28-3;/h5-9H,10-14H2,1-4H3,(H,21,24);1H. The number of guanidine groups is 1. The minimum absolute atomic E-state index is 0. The quantitative estimate of drug-likeness (QED) is 0.347. The Hall–Kier alpha value is -2.50. The van der Waals surface area contributed by atoms with E-state index in [4.69, 9.17) is 14.2 Å². The summed E-state index contributed by atoms with van der Waals surface area (Å²) in [6.45, 7) is 3.90. The van der Waals surface area contributed by atoms with Crippen LogP contribution in [0.3, 0.4) is 0 Å². The first-order valence-electron chi connectivity index (χ1n) is 9.47. The van der Waals surface area contributed by atoms with Crippen LogP contribution in [-0.4, -0.2) is 75.4 Å². The number of benzene rings is 1. The molecule has 0 spiro atoms. The smallest absolute Gasteiger partial charge is 0.225 e. The SMILES string of the molecule is CN=C(NCc1ccc(OC)c(OC)c1OC)N1CCN(c2ncccn2)CC1.I. The van der Waals surface area contributed by atoms with Gasteiger partial charge in [-0.3, -0.25) is 4.99 Å². The predicted molar refractivity (Wildman–Crippen MR) is 128 cm³/mol. The van der Waals surface area contributed by atoms with Crippen LogP contribution in [0, 0.1) is 0 Å². The highest BCUT2D eigenvalue weighted by Crippen LogP contribution is 2.39. The fraction of sp³-hybridized carbons (Fsp3) is 0.450. The van der Waals surface area contributed by atoms with Gasteiger partial charge in [0.05, 0.1) is 21.3 Å². The van der Waals surface area contributed by atoms with Crippen LogP contribution in [-0.2, 0) is 6.54 Å². The fourth-order valence-corrected chi connectivity index (χ4v) is 3.38. The number of piperazine rings is 1. The first kappa shape index (κ1) is 23.8. The third-order valence-electron chi connectivity index (χ3n) is 4.85. The molecule has 0 radical (unpaired) electrons. The van der Waals surface area contributed by atoms with E-state index in [0.29, 0.717) is 23.8 Å². The van der Waals surface area contributed by atoms with Crippen LogP contribution in [0.15, 0.2) is 35.6 Å². The Morgan fingerprint density at radius 1 is 1.00 bits per heavy atom. The number of nitrogens with one attached hydrogen (secondary N) is 1. The van der Waals surface area contributed by atoms with Gasteiger partial charge >= 0.3 is 0 Å². The summed E-state index contributed by atoms with van der Waals surface area (Å²) >= 11 is 0. The zero-order chi connectivity index (χ0) is 20.6. The van der Waals surface area contributed by atoms with Crippen LogP contribution < -0.4 is 24.4 Å². The molecule has 1 saturated heterocycles. The number of hydrogen-bond acceptors (Lipinski definition) is 7. The number of nitrogens with zero attached hydrogens (tertiary/aromatic N) is 5. The minimum Gasteiger partial charge on any atom is -0.493 e. The molecule has 2 heterocycles. The summed E-state index contributed by atoms with van der Waals surface area (Å²) < 4.78 is 16.4. The molecular formula is C20H29IN6O3. The number of aliphatic imine (C=N–C) groups is 1. The fourth-order valence-electron chi connectivity index (χ4n) is 3.38. The molecule has 1 aliphatic rings. The van der Waals surface area contributed by atoms with Crippen LogP contribution in [0.4, 0.5) is 5.95 Å². The lowest BCUT2D eigenvalue weighted by Gasteiger charge is -2.36. The molecule has 0 saturated carbocycles. The maximum absolute atomic E-state index is 5.57. The van der Waals surface area contributed by atoms with E-state index >= 15 is 0 Å². The molecule has 1 N–H and O–H groups in total. The Kier molecular flexibility index (Phi) is 9.21. The topological polar surface area (TPSA) is 84.3 Å². The summed E-state index contributed by atoms with van der Waals surface area (Å²) in [6.07, 6.45) is 3.54. The number of aromatic nitrogens is 2. The van der Waals surface area contributed by atoms with Crippen molar-refractivity contribution in [3.05, 3.63) is 36.2 Å². The van der Waals surface area contributed by atoms with Crippen LogP contribution in [0.25, 0.3) is 0 Å². The monoisotopic (exact) mass is 528 g/mol. The van der Waals surface area contributed by atoms with E-state index in [1.807, 2.05) is 18.2 Å².